The Balaban J connectivity index is 1.64. The first-order valence-corrected chi connectivity index (χ1v) is 11.7. The second-order valence-corrected chi connectivity index (χ2v) is 8.87. The van der Waals surface area contributed by atoms with Crippen molar-refractivity contribution in [1.82, 2.24) is 25.7 Å². The van der Waals surface area contributed by atoms with Gasteiger partial charge in [0.25, 0.3) is 0 Å². The molecule has 1 aromatic carbocycles. The summed E-state index contributed by atoms with van der Waals surface area (Å²) in [6.45, 7) is 17.3. The Hall–Kier alpha value is -3.61. The number of hydrogen-bond acceptors (Lipinski definition) is 5. The molecule has 2 atom stereocenters. The predicted octanol–water partition coefficient (Wildman–Crippen LogP) is 5.86. The highest BCUT2D eigenvalue weighted by Crippen LogP contribution is 2.28. The molecule has 0 aliphatic carbocycles. The summed E-state index contributed by atoms with van der Waals surface area (Å²) in [5.41, 5.74) is 14.0. The highest BCUT2D eigenvalue weighted by molar-refractivity contribution is 5.81. The first-order chi connectivity index (χ1) is 16.4. The quantitative estimate of drug-likeness (QED) is 0.415. The molecule has 6 nitrogen and oxygen atoms in total. The van der Waals surface area contributed by atoms with Gasteiger partial charge in [-0.1, -0.05) is 69.0 Å². The SMILES string of the molecule is C=C(Nc1ccccc1C)c1cc(C2=CN3NNC3C=C2)n(C(=C)/C=C\C=C(\C)[C@H](C)CC)n1. The maximum atomic E-state index is 4.88. The van der Waals surface area contributed by atoms with Crippen LogP contribution in [-0.2, 0) is 0 Å². The normalized spacial score (nSPS) is 18.4. The third-order valence-electron chi connectivity index (χ3n) is 6.43. The molecule has 3 heterocycles. The van der Waals surface area contributed by atoms with Crippen LogP contribution in [0.4, 0.5) is 5.69 Å². The summed E-state index contributed by atoms with van der Waals surface area (Å²) in [5.74, 6) is 0.559. The van der Waals surface area contributed by atoms with Gasteiger partial charge in [-0.25, -0.2) is 10.1 Å². The zero-order chi connectivity index (χ0) is 24.2. The van der Waals surface area contributed by atoms with Gasteiger partial charge in [-0.3, -0.25) is 5.01 Å². The number of anilines is 1. The number of allylic oxidation sites excluding steroid dienone is 7. The molecular weight excluding hydrogens is 420 g/mol. The van der Waals surface area contributed by atoms with Crippen LogP contribution in [0.3, 0.4) is 0 Å². The molecule has 0 saturated carbocycles. The minimum absolute atomic E-state index is 0.175. The van der Waals surface area contributed by atoms with Crippen LogP contribution < -0.4 is 16.3 Å². The van der Waals surface area contributed by atoms with E-state index in [-0.39, 0.29) is 6.17 Å². The molecule has 1 aromatic heterocycles. The number of benzene rings is 1. The average Bonchev–Trinajstić information content (AvgIpc) is 3.26. The second kappa shape index (κ2) is 10.1. The molecule has 3 N–H and O–H groups in total. The fraction of sp³-hybridized carbons (Fsp3) is 0.250. The van der Waals surface area contributed by atoms with Crippen LogP contribution in [0.15, 0.2) is 85.6 Å². The zero-order valence-corrected chi connectivity index (χ0v) is 20.5. The molecule has 4 rings (SSSR count). The van der Waals surface area contributed by atoms with Gasteiger partial charge in [0.15, 0.2) is 0 Å². The Kier molecular flexibility index (Phi) is 7.01. The van der Waals surface area contributed by atoms with E-state index in [0.29, 0.717) is 5.92 Å². The summed E-state index contributed by atoms with van der Waals surface area (Å²) < 4.78 is 1.88. The second-order valence-electron chi connectivity index (χ2n) is 8.87. The van der Waals surface area contributed by atoms with E-state index in [1.165, 1.54) is 5.57 Å². The maximum Gasteiger partial charge on any atom is 0.128 e. The number of nitrogens with one attached hydrogen (secondary N) is 3. The van der Waals surface area contributed by atoms with Crippen molar-refractivity contribution < 1.29 is 0 Å². The summed E-state index contributed by atoms with van der Waals surface area (Å²) >= 11 is 0. The average molecular weight is 455 g/mol. The molecule has 2 aliphatic heterocycles. The Morgan fingerprint density at radius 2 is 2.09 bits per heavy atom. The molecule has 1 unspecified atom stereocenters. The van der Waals surface area contributed by atoms with Gasteiger partial charge in [0.1, 0.15) is 11.9 Å². The van der Waals surface area contributed by atoms with E-state index in [2.05, 4.69) is 99.8 Å². The highest BCUT2D eigenvalue weighted by Gasteiger charge is 2.26. The summed E-state index contributed by atoms with van der Waals surface area (Å²) in [6, 6.07) is 10.2. The lowest BCUT2D eigenvalue weighted by molar-refractivity contribution is 0.0321. The number of hydrogen-bond donors (Lipinski definition) is 3. The lowest BCUT2D eigenvalue weighted by Gasteiger charge is -2.42. The van der Waals surface area contributed by atoms with E-state index in [1.54, 1.807) is 0 Å². The fourth-order valence-electron chi connectivity index (χ4n) is 3.77. The summed E-state index contributed by atoms with van der Waals surface area (Å²) in [4.78, 5) is 0. The third kappa shape index (κ3) is 4.98. The molecule has 1 fully saturated rings. The van der Waals surface area contributed by atoms with E-state index >= 15 is 0 Å². The molecule has 0 spiro atoms. The molecule has 0 bridgehead atoms. The molecule has 176 valence electrons. The topological polar surface area (TPSA) is 57.1 Å². The van der Waals surface area contributed by atoms with Gasteiger partial charge in [-0.05, 0) is 56.0 Å². The maximum absolute atomic E-state index is 4.88. The number of fused-ring (bicyclic) bond motifs is 1. The van der Waals surface area contributed by atoms with E-state index in [4.69, 9.17) is 5.10 Å². The Morgan fingerprint density at radius 1 is 1.29 bits per heavy atom. The lowest BCUT2D eigenvalue weighted by atomic mass is 10.00. The number of aromatic nitrogens is 2. The van der Waals surface area contributed by atoms with Crippen molar-refractivity contribution in [2.45, 2.75) is 40.3 Å². The largest absolute Gasteiger partial charge is 0.354 e. The Morgan fingerprint density at radius 3 is 2.76 bits per heavy atom. The van der Waals surface area contributed by atoms with Crippen molar-refractivity contribution in [3.63, 3.8) is 0 Å². The van der Waals surface area contributed by atoms with Crippen molar-refractivity contribution in [3.8, 4) is 0 Å². The number of aryl methyl sites for hydroxylation is 1. The molecular formula is C28H34N6. The minimum Gasteiger partial charge on any atom is -0.354 e. The molecule has 0 radical (unpaired) electrons. The van der Waals surface area contributed by atoms with Gasteiger partial charge in [0, 0.05) is 17.5 Å². The first kappa shape index (κ1) is 23.5. The van der Waals surface area contributed by atoms with Crippen molar-refractivity contribution >= 4 is 22.7 Å². The standard InChI is InChI=1S/C28H34N6/c1-7-19(2)20(3)12-10-13-22(5)34-27(24-15-16-28-30-32-33(28)18-24)17-26(31-34)23(6)29-25-14-9-8-11-21(25)4/h8-19,28-30,32H,5-7H2,1-4H3/b13-10-,20-12-/t19-,28?/m1/s1. The van der Waals surface area contributed by atoms with Crippen molar-refractivity contribution in [2.24, 2.45) is 5.92 Å². The number of hydrazine groups is 2. The molecule has 34 heavy (non-hydrogen) atoms. The van der Waals surface area contributed by atoms with Crippen LogP contribution in [-0.4, -0.2) is 21.0 Å². The Labute approximate surface area is 202 Å². The third-order valence-corrected chi connectivity index (χ3v) is 6.43. The van der Waals surface area contributed by atoms with Gasteiger partial charge >= 0.3 is 0 Å². The van der Waals surface area contributed by atoms with Crippen LogP contribution in [0.25, 0.3) is 17.0 Å². The van der Waals surface area contributed by atoms with Crippen LogP contribution >= 0.6 is 0 Å². The number of nitrogens with zero attached hydrogens (tertiary/aromatic N) is 3. The number of rotatable bonds is 9. The lowest BCUT2D eigenvalue weighted by Crippen LogP contribution is -2.68. The van der Waals surface area contributed by atoms with Crippen LogP contribution in [0.1, 0.15) is 44.1 Å². The predicted molar refractivity (Wildman–Crippen MR) is 143 cm³/mol. The van der Waals surface area contributed by atoms with Crippen molar-refractivity contribution in [2.75, 3.05) is 5.32 Å². The van der Waals surface area contributed by atoms with Crippen LogP contribution in [0.2, 0.25) is 0 Å². The van der Waals surface area contributed by atoms with Gasteiger partial charge in [-0.2, -0.15) is 10.6 Å². The number of para-hydroxylation sites is 1. The first-order valence-electron chi connectivity index (χ1n) is 11.7. The molecule has 2 aromatic rings. The van der Waals surface area contributed by atoms with Crippen LogP contribution in [0.5, 0.6) is 0 Å². The van der Waals surface area contributed by atoms with E-state index < -0.39 is 0 Å². The van der Waals surface area contributed by atoms with Crippen molar-refractivity contribution in [1.29, 1.82) is 0 Å². The van der Waals surface area contributed by atoms with Gasteiger partial charge < -0.3 is 5.32 Å². The summed E-state index contributed by atoms with van der Waals surface area (Å²) in [5, 5.41) is 10.3. The summed E-state index contributed by atoms with van der Waals surface area (Å²) in [6.07, 6.45) is 13.8. The fourth-order valence-corrected chi connectivity index (χ4v) is 3.77. The van der Waals surface area contributed by atoms with E-state index in [0.717, 1.165) is 46.0 Å². The highest BCUT2D eigenvalue weighted by atomic mass is 15.8. The van der Waals surface area contributed by atoms with Gasteiger partial charge in [-0.15, -0.1) is 0 Å². The van der Waals surface area contributed by atoms with Gasteiger partial charge in [0.2, 0.25) is 0 Å². The molecule has 1 saturated heterocycles. The minimum atomic E-state index is 0.175. The molecule has 6 heteroatoms. The summed E-state index contributed by atoms with van der Waals surface area (Å²) in [7, 11) is 0. The monoisotopic (exact) mass is 454 g/mol. The molecule has 0 amide bonds. The van der Waals surface area contributed by atoms with E-state index in [9.17, 15) is 0 Å². The van der Waals surface area contributed by atoms with Crippen LogP contribution in [0, 0.1) is 12.8 Å². The Bertz CT molecular complexity index is 1210. The smallest absolute Gasteiger partial charge is 0.128 e. The zero-order valence-electron chi connectivity index (χ0n) is 20.5. The van der Waals surface area contributed by atoms with Gasteiger partial charge in [0.05, 0.1) is 17.1 Å². The van der Waals surface area contributed by atoms with Crippen molar-refractivity contribution in [3.05, 3.63) is 103 Å². The molecule has 2 aliphatic rings. The van der Waals surface area contributed by atoms with E-state index in [1.807, 2.05) is 34.0 Å².